The van der Waals surface area contributed by atoms with Crippen molar-refractivity contribution in [1.29, 1.82) is 0 Å². The zero-order valence-electron chi connectivity index (χ0n) is 6.85. The molecule has 0 amide bonds. The average Bonchev–Trinajstić information content (AvgIpc) is 1.86. The SMILES string of the molecule is CCCCCC(Br)CC(=O)O. The average molecular weight is 223 g/mol. The molecule has 0 aromatic rings. The molecule has 0 radical (unpaired) electrons. The molecule has 2 nitrogen and oxygen atoms in total. The largest absolute Gasteiger partial charge is 0.481 e. The van der Waals surface area contributed by atoms with Crippen LogP contribution in [-0.4, -0.2) is 15.9 Å². The quantitative estimate of drug-likeness (QED) is 0.555. The third-order valence-corrected chi connectivity index (χ3v) is 2.30. The van der Waals surface area contributed by atoms with Crippen LogP contribution < -0.4 is 0 Å². The lowest BCUT2D eigenvalue weighted by molar-refractivity contribution is -0.136. The molecule has 66 valence electrons. The van der Waals surface area contributed by atoms with Crippen LogP contribution in [0.5, 0.6) is 0 Å². The number of carbonyl (C=O) groups is 1. The number of rotatable bonds is 6. The van der Waals surface area contributed by atoms with Gasteiger partial charge < -0.3 is 5.11 Å². The zero-order chi connectivity index (χ0) is 8.69. The predicted octanol–water partition coefficient (Wildman–Crippen LogP) is 2.80. The molecule has 0 heterocycles. The van der Waals surface area contributed by atoms with Gasteiger partial charge in [0.2, 0.25) is 0 Å². The van der Waals surface area contributed by atoms with Crippen LogP contribution in [0.4, 0.5) is 0 Å². The summed E-state index contributed by atoms with van der Waals surface area (Å²) in [5, 5.41) is 8.41. The van der Waals surface area contributed by atoms with Gasteiger partial charge in [-0.2, -0.15) is 0 Å². The van der Waals surface area contributed by atoms with Crippen LogP contribution in [0.3, 0.4) is 0 Å². The highest BCUT2D eigenvalue weighted by molar-refractivity contribution is 9.09. The molecule has 0 aromatic heterocycles. The Hall–Kier alpha value is -0.0500. The first-order valence-electron chi connectivity index (χ1n) is 4.02. The predicted molar refractivity (Wildman–Crippen MR) is 49.1 cm³/mol. The smallest absolute Gasteiger partial charge is 0.304 e. The third kappa shape index (κ3) is 7.85. The molecule has 11 heavy (non-hydrogen) atoms. The molecular formula is C8H15BrO2. The Labute approximate surface area is 76.1 Å². The minimum absolute atomic E-state index is 0.159. The van der Waals surface area contributed by atoms with Gasteiger partial charge in [0, 0.05) is 4.83 Å². The Morgan fingerprint density at radius 1 is 1.55 bits per heavy atom. The maximum absolute atomic E-state index is 10.2. The van der Waals surface area contributed by atoms with Crippen LogP contribution in [0.1, 0.15) is 39.0 Å². The van der Waals surface area contributed by atoms with Crippen molar-refractivity contribution in [1.82, 2.24) is 0 Å². The Kier molecular flexibility index (Phi) is 6.62. The Morgan fingerprint density at radius 3 is 2.64 bits per heavy atom. The molecule has 0 aliphatic heterocycles. The van der Waals surface area contributed by atoms with E-state index in [1.54, 1.807) is 0 Å². The molecule has 0 saturated heterocycles. The number of hydrogen-bond donors (Lipinski definition) is 1. The number of carboxylic acids is 1. The molecule has 0 rings (SSSR count). The molecule has 0 spiro atoms. The topological polar surface area (TPSA) is 37.3 Å². The lowest BCUT2D eigenvalue weighted by Crippen LogP contribution is -2.06. The molecule has 0 aliphatic rings. The lowest BCUT2D eigenvalue weighted by Gasteiger charge is -2.04. The second-order valence-corrected chi connectivity index (χ2v) is 3.99. The van der Waals surface area contributed by atoms with Crippen LogP contribution in [0, 0.1) is 0 Å². The summed E-state index contributed by atoms with van der Waals surface area (Å²) in [5.41, 5.74) is 0. The minimum atomic E-state index is -0.719. The molecule has 0 saturated carbocycles. The van der Waals surface area contributed by atoms with Crippen molar-refractivity contribution in [2.45, 2.75) is 43.9 Å². The summed E-state index contributed by atoms with van der Waals surface area (Å²) in [6.45, 7) is 2.14. The van der Waals surface area contributed by atoms with Crippen molar-refractivity contribution in [3.05, 3.63) is 0 Å². The highest BCUT2D eigenvalue weighted by Crippen LogP contribution is 2.14. The summed E-state index contributed by atoms with van der Waals surface area (Å²) in [6, 6.07) is 0. The van der Waals surface area contributed by atoms with Crippen molar-refractivity contribution in [2.75, 3.05) is 0 Å². The lowest BCUT2D eigenvalue weighted by atomic mass is 10.1. The number of halogens is 1. The van der Waals surface area contributed by atoms with E-state index in [1.165, 1.54) is 12.8 Å². The van der Waals surface area contributed by atoms with Gasteiger partial charge in [-0.25, -0.2) is 0 Å². The molecule has 3 heteroatoms. The molecule has 0 fully saturated rings. The normalized spacial score (nSPS) is 12.9. The summed E-state index contributed by atoms with van der Waals surface area (Å²) in [4.78, 5) is 10.4. The summed E-state index contributed by atoms with van der Waals surface area (Å²) >= 11 is 3.33. The third-order valence-electron chi connectivity index (χ3n) is 1.52. The van der Waals surface area contributed by atoms with Gasteiger partial charge in [-0.05, 0) is 6.42 Å². The van der Waals surface area contributed by atoms with E-state index in [0.29, 0.717) is 0 Å². The van der Waals surface area contributed by atoms with Crippen LogP contribution >= 0.6 is 15.9 Å². The molecular weight excluding hydrogens is 208 g/mol. The van der Waals surface area contributed by atoms with Crippen LogP contribution in [0.15, 0.2) is 0 Å². The number of alkyl halides is 1. The van der Waals surface area contributed by atoms with E-state index < -0.39 is 5.97 Å². The van der Waals surface area contributed by atoms with Crippen LogP contribution in [-0.2, 0) is 4.79 Å². The summed E-state index contributed by atoms with van der Waals surface area (Å²) in [7, 11) is 0. The standard InChI is InChI=1S/C8H15BrO2/c1-2-3-4-5-7(9)6-8(10)11/h7H,2-6H2,1H3,(H,10,11). The van der Waals surface area contributed by atoms with E-state index in [0.717, 1.165) is 12.8 Å². The van der Waals surface area contributed by atoms with Gasteiger partial charge in [-0.1, -0.05) is 42.1 Å². The van der Waals surface area contributed by atoms with Gasteiger partial charge in [-0.3, -0.25) is 4.79 Å². The highest BCUT2D eigenvalue weighted by atomic mass is 79.9. The fourth-order valence-corrected chi connectivity index (χ4v) is 1.51. The van der Waals surface area contributed by atoms with Gasteiger partial charge in [-0.15, -0.1) is 0 Å². The molecule has 0 aliphatic carbocycles. The Balaban J connectivity index is 3.22. The van der Waals surface area contributed by atoms with E-state index >= 15 is 0 Å². The zero-order valence-corrected chi connectivity index (χ0v) is 8.43. The first-order chi connectivity index (χ1) is 5.16. The summed E-state index contributed by atoms with van der Waals surface area (Å²) in [5.74, 6) is -0.719. The van der Waals surface area contributed by atoms with E-state index in [-0.39, 0.29) is 11.2 Å². The Bertz CT molecular complexity index is 115. The molecule has 1 unspecified atom stereocenters. The van der Waals surface area contributed by atoms with Crippen molar-refractivity contribution < 1.29 is 9.90 Å². The highest BCUT2D eigenvalue weighted by Gasteiger charge is 2.07. The number of hydrogen-bond acceptors (Lipinski definition) is 1. The molecule has 1 N–H and O–H groups in total. The first kappa shape index (κ1) is 11.0. The fraction of sp³-hybridized carbons (Fsp3) is 0.875. The monoisotopic (exact) mass is 222 g/mol. The summed E-state index contributed by atoms with van der Waals surface area (Å²) < 4.78 is 0. The first-order valence-corrected chi connectivity index (χ1v) is 4.94. The van der Waals surface area contributed by atoms with Crippen LogP contribution in [0.2, 0.25) is 0 Å². The van der Waals surface area contributed by atoms with Gasteiger partial charge in [0.15, 0.2) is 0 Å². The van der Waals surface area contributed by atoms with Gasteiger partial charge in [0.1, 0.15) is 0 Å². The molecule has 0 bridgehead atoms. The number of unbranched alkanes of at least 4 members (excludes halogenated alkanes) is 2. The second-order valence-electron chi connectivity index (χ2n) is 2.69. The van der Waals surface area contributed by atoms with Crippen molar-refractivity contribution in [2.24, 2.45) is 0 Å². The van der Waals surface area contributed by atoms with Crippen molar-refractivity contribution >= 4 is 21.9 Å². The van der Waals surface area contributed by atoms with E-state index in [1.807, 2.05) is 0 Å². The fourth-order valence-electron chi connectivity index (χ4n) is 0.907. The summed E-state index contributed by atoms with van der Waals surface area (Å²) in [6.07, 6.45) is 4.72. The number of carboxylic acid groups (broad SMARTS) is 1. The van der Waals surface area contributed by atoms with E-state index in [2.05, 4.69) is 22.9 Å². The van der Waals surface area contributed by atoms with E-state index in [4.69, 9.17) is 5.11 Å². The van der Waals surface area contributed by atoms with Gasteiger partial charge >= 0.3 is 5.97 Å². The molecule has 0 aromatic carbocycles. The second kappa shape index (κ2) is 6.65. The van der Waals surface area contributed by atoms with Crippen LogP contribution in [0.25, 0.3) is 0 Å². The minimum Gasteiger partial charge on any atom is -0.481 e. The molecule has 1 atom stereocenters. The van der Waals surface area contributed by atoms with Crippen molar-refractivity contribution in [3.63, 3.8) is 0 Å². The van der Waals surface area contributed by atoms with Gasteiger partial charge in [0.25, 0.3) is 0 Å². The number of aliphatic carboxylic acids is 1. The Morgan fingerprint density at radius 2 is 2.18 bits per heavy atom. The van der Waals surface area contributed by atoms with Crippen molar-refractivity contribution in [3.8, 4) is 0 Å². The maximum atomic E-state index is 10.2. The van der Waals surface area contributed by atoms with E-state index in [9.17, 15) is 4.79 Å². The maximum Gasteiger partial charge on any atom is 0.304 e. The van der Waals surface area contributed by atoms with Gasteiger partial charge in [0.05, 0.1) is 6.42 Å².